The molecule has 0 aromatic heterocycles. The minimum atomic E-state index is 0.246. The van der Waals surface area contributed by atoms with E-state index >= 15 is 0 Å². The lowest BCUT2D eigenvalue weighted by Crippen LogP contribution is -2.16. The van der Waals surface area contributed by atoms with Crippen molar-refractivity contribution in [2.24, 2.45) is 5.92 Å². The van der Waals surface area contributed by atoms with E-state index in [0.717, 1.165) is 12.8 Å². The summed E-state index contributed by atoms with van der Waals surface area (Å²) in [6.07, 6.45) is 1.78. The molecular formula is C6H15NO2. The first-order chi connectivity index (χ1) is 4.31. The van der Waals surface area contributed by atoms with Gasteiger partial charge in [-0.25, -0.2) is 5.48 Å². The minimum absolute atomic E-state index is 0.246. The van der Waals surface area contributed by atoms with Gasteiger partial charge in [-0.05, 0) is 18.8 Å². The Morgan fingerprint density at radius 2 is 2.22 bits per heavy atom. The SMILES string of the molecule is CC(CCCO)CNO. The minimum Gasteiger partial charge on any atom is -0.396 e. The molecule has 56 valence electrons. The van der Waals surface area contributed by atoms with Crippen molar-refractivity contribution in [2.45, 2.75) is 19.8 Å². The molecule has 0 amide bonds. The second-order valence-electron chi connectivity index (χ2n) is 2.33. The molecule has 0 spiro atoms. The molecule has 0 rings (SSSR count). The molecule has 0 aromatic rings. The van der Waals surface area contributed by atoms with E-state index in [1.165, 1.54) is 0 Å². The Kier molecular flexibility index (Phi) is 5.93. The highest BCUT2D eigenvalue weighted by Crippen LogP contribution is 2.01. The zero-order valence-electron chi connectivity index (χ0n) is 5.80. The van der Waals surface area contributed by atoms with E-state index in [-0.39, 0.29) is 6.61 Å². The summed E-state index contributed by atoms with van der Waals surface area (Å²) in [6, 6.07) is 0. The number of aliphatic hydroxyl groups excluding tert-OH is 1. The molecular weight excluding hydrogens is 118 g/mol. The third-order valence-electron chi connectivity index (χ3n) is 1.29. The number of rotatable bonds is 5. The molecule has 0 saturated heterocycles. The van der Waals surface area contributed by atoms with E-state index < -0.39 is 0 Å². The molecule has 1 atom stereocenters. The maximum Gasteiger partial charge on any atom is 0.0431 e. The lowest BCUT2D eigenvalue weighted by Gasteiger charge is -2.06. The predicted octanol–water partition coefficient (Wildman–Crippen LogP) is 0.374. The predicted molar refractivity (Wildman–Crippen MR) is 35.3 cm³/mol. The van der Waals surface area contributed by atoms with Gasteiger partial charge < -0.3 is 10.3 Å². The first-order valence-corrected chi connectivity index (χ1v) is 3.29. The standard InChI is InChI=1S/C6H15NO2/c1-6(5-7-9)3-2-4-8/h6-9H,2-5H2,1H3. The number of aliphatic hydroxyl groups is 1. The van der Waals surface area contributed by atoms with Crippen LogP contribution >= 0.6 is 0 Å². The monoisotopic (exact) mass is 133 g/mol. The molecule has 0 heterocycles. The average Bonchev–Trinajstić information content (AvgIpc) is 1.85. The molecule has 0 bridgehead atoms. The Morgan fingerprint density at radius 1 is 1.56 bits per heavy atom. The number of nitrogens with one attached hydrogen (secondary N) is 1. The molecule has 0 aliphatic carbocycles. The van der Waals surface area contributed by atoms with Crippen molar-refractivity contribution < 1.29 is 10.3 Å². The van der Waals surface area contributed by atoms with Gasteiger partial charge in [-0.15, -0.1) is 0 Å². The molecule has 1 unspecified atom stereocenters. The van der Waals surface area contributed by atoms with Crippen molar-refractivity contribution >= 4 is 0 Å². The maximum atomic E-state index is 8.40. The summed E-state index contributed by atoms with van der Waals surface area (Å²) < 4.78 is 0. The fourth-order valence-electron chi connectivity index (χ4n) is 0.698. The third-order valence-corrected chi connectivity index (χ3v) is 1.29. The van der Waals surface area contributed by atoms with Crippen LogP contribution in [0.4, 0.5) is 0 Å². The van der Waals surface area contributed by atoms with Gasteiger partial charge in [0.1, 0.15) is 0 Å². The van der Waals surface area contributed by atoms with E-state index in [2.05, 4.69) is 5.48 Å². The highest BCUT2D eigenvalue weighted by atomic mass is 16.5. The fourth-order valence-corrected chi connectivity index (χ4v) is 0.698. The molecule has 0 aromatic carbocycles. The topological polar surface area (TPSA) is 52.5 Å². The normalized spacial score (nSPS) is 13.7. The average molecular weight is 133 g/mol. The fraction of sp³-hybridized carbons (Fsp3) is 1.00. The van der Waals surface area contributed by atoms with E-state index in [4.69, 9.17) is 10.3 Å². The van der Waals surface area contributed by atoms with Crippen molar-refractivity contribution in [3.8, 4) is 0 Å². The van der Waals surface area contributed by atoms with Crippen molar-refractivity contribution in [1.82, 2.24) is 5.48 Å². The summed E-state index contributed by atoms with van der Waals surface area (Å²) in [5.74, 6) is 0.446. The van der Waals surface area contributed by atoms with Gasteiger partial charge in [0.15, 0.2) is 0 Å². The van der Waals surface area contributed by atoms with Crippen molar-refractivity contribution in [3.63, 3.8) is 0 Å². The Bertz CT molecular complexity index is 59.0. The van der Waals surface area contributed by atoms with Crippen LogP contribution in [-0.4, -0.2) is 23.5 Å². The van der Waals surface area contributed by atoms with Crippen LogP contribution in [0.5, 0.6) is 0 Å². The first kappa shape index (κ1) is 8.88. The van der Waals surface area contributed by atoms with Crippen LogP contribution in [0.2, 0.25) is 0 Å². The van der Waals surface area contributed by atoms with Gasteiger partial charge in [-0.2, -0.15) is 0 Å². The molecule has 0 radical (unpaired) electrons. The maximum absolute atomic E-state index is 8.40. The van der Waals surface area contributed by atoms with Crippen molar-refractivity contribution in [3.05, 3.63) is 0 Å². The number of hydrogen-bond donors (Lipinski definition) is 3. The molecule has 3 heteroatoms. The first-order valence-electron chi connectivity index (χ1n) is 3.29. The van der Waals surface area contributed by atoms with Crippen LogP contribution in [0.1, 0.15) is 19.8 Å². The summed E-state index contributed by atoms with van der Waals surface area (Å²) in [6.45, 7) is 2.88. The third kappa shape index (κ3) is 5.76. The molecule has 3 nitrogen and oxygen atoms in total. The van der Waals surface area contributed by atoms with Crippen LogP contribution in [0, 0.1) is 5.92 Å². The van der Waals surface area contributed by atoms with E-state index in [1.54, 1.807) is 0 Å². The Balaban J connectivity index is 2.95. The van der Waals surface area contributed by atoms with E-state index in [1.807, 2.05) is 6.92 Å². The second-order valence-corrected chi connectivity index (χ2v) is 2.33. The van der Waals surface area contributed by atoms with Gasteiger partial charge >= 0.3 is 0 Å². The second kappa shape index (κ2) is 6.01. The summed E-state index contributed by atoms with van der Waals surface area (Å²) >= 11 is 0. The van der Waals surface area contributed by atoms with E-state index in [0.29, 0.717) is 12.5 Å². The Morgan fingerprint density at radius 3 is 2.67 bits per heavy atom. The molecule has 0 aliphatic rings. The lowest BCUT2D eigenvalue weighted by atomic mass is 10.1. The Labute approximate surface area is 55.7 Å². The van der Waals surface area contributed by atoms with Crippen molar-refractivity contribution in [1.29, 1.82) is 0 Å². The largest absolute Gasteiger partial charge is 0.396 e. The quantitative estimate of drug-likeness (QED) is 0.475. The van der Waals surface area contributed by atoms with Crippen LogP contribution in [-0.2, 0) is 0 Å². The summed E-state index contributed by atoms with van der Waals surface area (Å²) in [4.78, 5) is 0. The van der Waals surface area contributed by atoms with Gasteiger partial charge in [-0.3, -0.25) is 0 Å². The summed E-state index contributed by atoms with van der Waals surface area (Å²) in [5.41, 5.74) is 2.09. The Hall–Kier alpha value is -0.120. The van der Waals surface area contributed by atoms with Crippen LogP contribution in [0.15, 0.2) is 0 Å². The van der Waals surface area contributed by atoms with Gasteiger partial charge in [0, 0.05) is 13.2 Å². The van der Waals surface area contributed by atoms with Crippen molar-refractivity contribution in [2.75, 3.05) is 13.2 Å². The van der Waals surface area contributed by atoms with Crippen LogP contribution < -0.4 is 5.48 Å². The lowest BCUT2D eigenvalue weighted by molar-refractivity contribution is 0.147. The zero-order chi connectivity index (χ0) is 7.11. The highest BCUT2D eigenvalue weighted by Gasteiger charge is 1.98. The molecule has 9 heavy (non-hydrogen) atoms. The van der Waals surface area contributed by atoms with Gasteiger partial charge in [-0.1, -0.05) is 6.92 Å². The molecule has 0 fully saturated rings. The van der Waals surface area contributed by atoms with Gasteiger partial charge in [0.05, 0.1) is 0 Å². The summed E-state index contributed by atoms with van der Waals surface area (Å²) in [5, 5.41) is 16.6. The van der Waals surface area contributed by atoms with Crippen LogP contribution in [0.3, 0.4) is 0 Å². The molecule has 3 N–H and O–H groups in total. The summed E-state index contributed by atoms with van der Waals surface area (Å²) in [7, 11) is 0. The number of hydrogen-bond acceptors (Lipinski definition) is 3. The smallest absolute Gasteiger partial charge is 0.0431 e. The molecule has 0 saturated carbocycles. The number of hydroxylamine groups is 1. The van der Waals surface area contributed by atoms with E-state index in [9.17, 15) is 0 Å². The molecule has 0 aliphatic heterocycles. The van der Waals surface area contributed by atoms with Gasteiger partial charge in [0.2, 0.25) is 0 Å². The van der Waals surface area contributed by atoms with Crippen LogP contribution in [0.25, 0.3) is 0 Å². The highest BCUT2D eigenvalue weighted by molar-refractivity contribution is 4.51. The zero-order valence-corrected chi connectivity index (χ0v) is 5.80. The van der Waals surface area contributed by atoms with Gasteiger partial charge in [0.25, 0.3) is 0 Å².